The van der Waals surface area contributed by atoms with Crippen molar-refractivity contribution < 1.29 is 19.5 Å². The van der Waals surface area contributed by atoms with Gasteiger partial charge in [0.15, 0.2) is 0 Å². The first-order valence-electron chi connectivity index (χ1n) is 6.97. The molecule has 0 aromatic heterocycles. The molecule has 1 fully saturated rings. The number of nitrogens with one attached hydrogen (secondary N) is 3. The standard InChI is InChI=1S/C12H23N5O4/c13-10(18)8-9(11(19)20)16-12(21)15-2-1-5-17-6-3-14-4-7-17/h9,14H,1-8H2,(H2,13,18)(H,19,20)(H2,15,16,21). The van der Waals surface area contributed by atoms with Crippen LogP contribution in [0.1, 0.15) is 12.8 Å². The molecule has 9 heteroatoms. The van der Waals surface area contributed by atoms with Gasteiger partial charge in [0.1, 0.15) is 6.04 Å². The van der Waals surface area contributed by atoms with Crippen LogP contribution in [0.15, 0.2) is 0 Å². The number of carboxylic acids is 1. The Morgan fingerprint density at radius 3 is 2.52 bits per heavy atom. The summed E-state index contributed by atoms with van der Waals surface area (Å²) in [7, 11) is 0. The molecule has 0 aliphatic carbocycles. The van der Waals surface area contributed by atoms with Gasteiger partial charge >= 0.3 is 12.0 Å². The van der Waals surface area contributed by atoms with Crippen molar-refractivity contribution in [2.45, 2.75) is 18.9 Å². The number of carboxylic acid groups (broad SMARTS) is 1. The molecule has 0 spiro atoms. The van der Waals surface area contributed by atoms with Gasteiger partial charge in [0.25, 0.3) is 0 Å². The molecule has 0 saturated carbocycles. The van der Waals surface area contributed by atoms with Crippen molar-refractivity contribution in [1.29, 1.82) is 0 Å². The summed E-state index contributed by atoms with van der Waals surface area (Å²) >= 11 is 0. The molecule has 3 amide bonds. The predicted molar refractivity (Wildman–Crippen MR) is 75.7 cm³/mol. The third-order valence-electron chi connectivity index (χ3n) is 3.16. The maximum absolute atomic E-state index is 11.5. The van der Waals surface area contributed by atoms with Crippen molar-refractivity contribution in [2.75, 3.05) is 39.3 Å². The largest absolute Gasteiger partial charge is 0.480 e. The summed E-state index contributed by atoms with van der Waals surface area (Å²) in [6.45, 7) is 5.25. The highest BCUT2D eigenvalue weighted by Crippen LogP contribution is 1.94. The minimum absolute atomic E-state index is 0.427. The van der Waals surface area contributed by atoms with Crippen molar-refractivity contribution in [3.63, 3.8) is 0 Å². The van der Waals surface area contributed by atoms with Crippen molar-refractivity contribution in [3.8, 4) is 0 Å². The van der Waals surface area contributed by atoms with E-state index in [1.165, 1.54) is 0 Å². The van der Waals surface area contributed by atoms with Crippen LogP contribution in [0, 0.1) is 0 Å². The summed E-state index contributed by atoms with van der Waals surface area (Å²) in [5, 5.41) is 16.9. The van der Waals surface area contributed by atoms with E-state index < -0.39 is 30.4 Å². The summed E-state index contributed by atoms with van der Waals surface area (Å²) in [6, 6.07) is -1.90. The Bertz CT molecular complexity index is 371. The van der Waals surface area contributed by atoms with E-state index in [1.807, 2.05) is 0 Å². The Morgan fingerprint density at radius 2 is 1.95 bits per heavy atom. The molecule has 21 heavy (non-hydrogen) atoms. The molecule has 0 aromatic carbocycles. The van der Waals surface area contributed by atoms with Crippen LogP contribution in [-0.4, -0.2) is 73.2 Å². The van der Waals surface area contributed by atoms with Gasteiger partial charge in [-0.3, -0.25) is 4.79 Å². The fourth-order valence-electron chi connectivity index (χ4n) is 2.05. The molecule has 1 atom stereocenters. The SMILES string of the molecule is NC(=O)CC(NC(=O)NCCCN1CCNCC1)C(=O)O. The fourth-order valence-corrected chi connectivity index (χ4v) is 2.05. The van der Waals surface area contributed by atoms with E-state index >= 15 is 0 Å². The second-order valence-corrected chi connectivity index (χ2v) is 4.91. The molecule has 120 valence electrons. The number of nitrogens with two attached hydrogens (primary N) is 1. The highest BCUT2D eigenvalue weighted by molar-refractivity contribution is 5.87. The lowest BCUT2D eigenvalue weighted by Gasteiger charge is -2.27. The Morgan fingerprint density at radius 1 is 1.29 bits per heavy atom. The Balaban J connectivity index is 2.16. The topological polar surface area (TPSA) is 137 Å². The van der Waals surface area contributed by atoms with Crippen LogP contribution in [0.3, 0.4) is 0 Å². The number of aliphatic carboxylic acids is 1. The summed E-state index contributed by atoms with van der Waals surface area (Å²) < 4.78 is 0. The maximum Gasteiger partial charge on any atom is 0.326 e. The van der Waals surface area contributed by atoms with Gasteiger partial charge in [-0.25, -0.2) is 9.59 Å². The van der Waals surface area contributed by atoms with Crippen molar-refractivity contribution in [3.05, 3.63) is 0 Å². The molecular formula is C12H23N5O4. The number of carbonyl (C=O) groups excluding carboxylic acids is 2. The number of carbonyl (C=O) groups is 3. The normalized spacial score (nSPS) is 17.0. The lowest BCUT2D eigenvalue weighted by molar-refractivity contribution is -0.140. The summed E-state index contributed by atoms with van der Waals surface area (Å²) in [5.74, 6) is -2.06. The summed E-state index contributed by atoms with van der Waals surface area (Å²) in [5.41, 5.74) is 4.93. The van der Waals surface area contributed by atoms with Crippen LogP contribution >= 0.6 is 0 Å². The Hall–Kier alpha value is -1.87. The summed E-state index contributed by atoms with van der Waals surface area (Å²) in [6.07, 6.45) is 0.352. The zero-order valence-corrected chi connectivity index (χ0v) is 11.9. The molecular weight excluding hydrogens is 278 g/mol. The van der Waals surface area contributed by atoms with E-state index in [0.717, 1.165) is 39.1 Å². The third kappa shape index (κ3) is 7.47. The van der Waals surface area contributed by atoms with Gasteiger partial charge in [0.05, 0.1) is 6.42 Å². The monoisotopic (exact) mass is 301 g/mol. The zero-order chi connectivity index (χ0) is 15.7. The van der Waals surface area contributed by atoms with E-state index in [0.29, 0.717) is 6.54 Å². The van der Waals surface area contributed by atoms with E-state index in [-0.39, 0.29) is 0 Å². The number of hydrogen-bond donors (Lipinski definition) is 5. The van der Waals surface area contributed by atoms with Crippen LogP contribution in [0.4, 0.5) is 4.79 Å². The number of hydrogen-bond acceptors (Lipinski definition) is 5. The lowest BCUT2D eigenvalue weighted by Crippen LogP contribution is -2.48. The maximum atomic E-state index is 11.5. The number of urea groups is 1. The molecule has 0 bridgehead atoms. The molecule has 9 nitrogen and oxygen atoms in total. The van der Waals surface area contributed by atoms with Crippen LogP contribution < -0.4 is 21.7 Å². The van der Waals surface area contributed by atoms with Crippen molar-refractivity contribution >= 4 is 17.9 Å². The molecule has 1 rings (SSSR count). The smallest absolute Gasteiger partial charge is 0.326 e. The molecule has 1 heterocycles. The van der Waals surface area contributed by atoms with Crippen LogP contribution in [0.2, 0.25) is 0 Å². The summed E-state index contributed by atoms with van der Waals surface area (Å²) in [4.78, 5) is 35.4. The third-order valence-corrected chi connectivity index (χ3v) is 3.16. The molecule has 1 saturated heterocycles. The van der Waals surface area contributed by atoms with Gasteiger partial charge in [-0.2, -0.15) is 0 Å². The Labute approximate surface area is 123 Å². The minimum Gasteiger partial charge on any atom is -0.480 e. The average Bonchev–Trinajstić information content (AvgIpc) is 2.43. The second kappa shape index (κ2) is 9.14. The highest BCUT2D eigenvalue weighted by atomic mass is 16.4. The van der Waals surface area contributed by atoms with E-state index in [2.05, 4.69) is 20.9 Å². The van der Waals surface area contributed by atoms with Gasteiger partial charge in [-0.05, 0) is 13.0 Å². The van der Waals surface area contributed by atoms with Gasteiger partial charge in [0.2, 0.25) is 5.91 Å². The van der Waals surface area contributed by atoms with Crippen LogP contribution in [0.5, 0.6) is 0 Å². The zero-order valence-electron chi connectivity index (χ0n) is 11.9. The number of amides is 3. The van der Waals surface area contributed by atoms with E-state index in [1.54, 1.807) is 0 Å². The minimum atomic E-state index is -1.30. The molecule has 1 aliphatic rings. The fraction of sp³-hybridized carbons (Fsp3) is 0.750. The lowest BCUT2D eigenvalue weighted by atomic mass is 10.2. The number of nitrogens with zero attached hydrogens (tertiary/aromatic N) is 1. The van der Waals surface area contributed by atoms with Crippen LogP contribution in [0.25, 0.3) is 0 Å². The van der Waals surface area contributed by atoms with Gasteiger partial charge in [-0.15, -0.1) is 0 Å². The number of piperazine rings is 1. The van der Waals surface area contributed by atoms with E-state index in [9.17, 15) is 14.4 Å². The molecule has 1 unspecified atom stereocenters. The van der Waals surface area contributed by atoms with E-state index in [4.69, 9.17) is 10.8 Å². The highest BCUT2D eigenvalue weighted by Gasteiger charge is 2.21. The van der Waals surface area contributed by atoms with Crippen LogP contribution in [-0.2, 0) is 9.59 Å². The quantitative estimate of drug-likeness (QED) is 0.326. The number of rotatable bonds is 8. The second-order valence-electron chi connectivity index (χ2n) is 4.91. The van der Waals surface area contributed by atoms with Gasteiger partial charge in [0, 0.05) is 32.7 Å². The van der Waals surface area contributed by atoms with Crippen molar-refractivity contribution in [2.24, 2.45) is 5.73 Å². The predicted octanol–water partition coefficient (Wildman–Crippen LogP) is -2.09. The van der Waals surface area contributed by atoms with Gasteiger partial charge in [-0.1, -0.05) is 0 Å². The molecule has 1 aliphatic heterocycles. The molecule has 6 N–H and O–H groups in total. The first-order valence-corrected chi connectivity index (χ1v) is 6.97. The van der Waals surface area contributed by atoms with Gasteiger partial charge < -0.3 is 31.7 Å². The molecule has 0 aromatic rings. The van der Waals surface area contributed by atoms with Crippen molar-refractivity contribution in [1.82, 2.24) is 20.9 Å². The first-order chi connectivity index (χ1) is 9.99. The number of primary amides is 1. The first kappa shape index (κ1) is 17.2. The Kier molecular flexibility index (Phi) is 7.48. The molecule has 0 radical (unpaired) electrons. The average molecular weight is 301 g/mol.